The van der Waals surface area contributed by atoms with Gasteiger partial charge in [-0.1, -0.05) is 6.07 Å². The number of urea groups is 1. The smallest absolute Gasteiger partial charge is 0.317 e. The van der Waals surface area contributed by atoms with Crippen molar-refractivity contribution < 1.29 is 9.53 Å². The summed E-state index contributed by atoms with van der Waals surface area (Å²) in [6.07, 6.45) is 4.57. The van der Waals surface area contributed by atoms with Crippen LogP contribution < -0.4 is 11.1 Å². The number of pyridine rings is 2. The zero-order valence-electron chi connectivity index (χ0n) is 13.0. The Bertz CT molecular complexity index is 899. The van der Waals surface area contributed by atoms with E-state index in [2.05, 4.69) is 15.3 Å². The van der Waals surface area contributed by atoms with Gasteiger partial charge in [-0.2, -0.15) is 0 Å². The maximum atomic E-state index is 11.0. The molecule has 0 spiro atoms. The first-order valence-corrected chi connectivity index (χ1v) is 7.79. The topological polar surface area (TPSA) is 106 Å². The van der Waals surface area contributed by atoms with E-state index in [-0.39, 0.29) is 0 Å². The molecule has 24 heavy (non-hydrogen) atoms. The Kier molecular flexibility index (Phi) is 3.62. The molecule has 0 bridgehead atoms. The predicted octanol–water partition coefficient (Wildman–Crippen LogP) is 2.62. The zero-order valence-corrected chi connectivity index (χ0v) is 13.0. The van der Waals surface area contributed by atoms with Gasteiger partial charge in [0.05, 0.1) is 24.0 Å². The number of hydrogen-bond donors (Lipinski definition) is 3. The van der Waals surface area contributed by atoms with Crippen LogP contribution in [0.4, 0.5) is 10.6 Å². The minimum absolute atomic E-state index is 0.351. The van der Waals surface area contributed by atoms with E-state index in [1.54, 1.807) is 12.3 Å². The molecule has 0 aliphatic carbocycles. The van der Waals surface area contributed by atoms with Crippen molar-refractivity contribution in [2.75, 3.05) is 18.5 Å². The van der Waals surface area contributed by atoms with E-state index >= 15 is 0 Å². The Hall–Kier alpha value is -2.93. The summed E-state index contributed by atoms with van der Waals surface area (Å²) in [5.41, 5.74) is 8.91. The lowest BCUT2D eigenvalue weighted by Gasteiger charge is -2.09. The molecular formula is C17H17N5O2. The molecule has 1 aliphatic rings. The van der Waals surface area contributed by atoms with Crippen LogP contribution in [0.1, 0.15) is 18.0 Å². The van der Waals surface area contributed by atoms with E-state index in [0.717, 1.165) is 47.5 Å². The van der Waals surface area contributed by atoms with Crippen LogP contribution in [0.2, 0.25) is 0 Å². The van der Waals surface area contributed by atoms with Gasteiger partial charge in [0.15, 0.2) is 0 Å². The third-order valence-corrected chi connectivity index (χ3v) is 4.21. The minimum atomic E-state index is -0.639. The van der Waals surface area contributed by atoms with E-state index in [0.29, 0.717) is 11.7 Å². The Morgan fingerprint density at radius 2 is 2.33 bits per heavy atom. The third-order valence-electron chi connectivity index (χ3n) is 4.21. The summed E-state index contributed by atoms with van der Waals surface area (Å²) in [6, 6.07) is 7.18. The normalized spacial score (nSPS) is 17.2. The fourth-order valence-electron chi connectivity index (χ4n) is 3.02. The second kappa shape index (κ2) is 5.93. The first-order valence-electron chi connectivity index (χ1n) is 7.79. The van der Waals surface area contributed by atoms with Crippen molar-refractivity contribution in [2.45, 2.75) is 12.3 Å². The SMILES string of the molecule is NC(=O)Nc1cc2c(-c3cccc(C4CCOC4)n3)c[nH]c2cn1. The van der Waals surface area contributed by atoms with Crippen molar-refractivity contribution in [3.05, 3.63) is 42.4 Å². The number of carbonyl (C=O) groups is 1. The van der Waals surface area contributed by atoms with Crippen molar-refractivity contribution in [1.82, 2.24) is 15.0 Å². The predicted molar refractivity (Wildman–Crippen MR) is 90.7 cm³/mol. The first kappa shape index (κ1) is 14.6. The number of ether oxygens (including phenoxy) is 1. The number of H-pyrrole nitrogens is 1. The van der Waals surface area contributed by atoms with Crippen molar-refractivity contribution >= 4 is 22.8 Å². The van der Waals surface area contributed by atoms with E-state index in [1.807, 2.05) is 24.4 Å². The van der Waals surface area contributed by atoms with Gasteiger partial charge in [-0.25, -0.2) is 9.78 Å². The molecule has 4 rings (SSSR count). The van der Waals surface area contributed by atoms with Crippen LogP contribution in [-0.4, -0.2) is 34.2 Å². The molecule has 4 heterocycles. The molecule has 0 saturated carbocycles. The Morgan fingerprint density at radius 1 is 1.42 bits per heavy atom. The number of fused-ring (bicyclic) bond motifs is 1. The summed E-state index contributed by atoms with van der Waals surface area (Å²) in [5.74, 6) is 0.764. The highest BCUT2D eigenvalue weighted by atomic mass is 16.5. The van der Waals surface area contributed by atoms with Crippen LogP contribution in [0.15, 0.2) is 36.7 Å². The van der Waals surface area contributed by atoms with Crippen LogP contribution >= 0.6 is 0 Å². The van der Waals surface area contributed by atoms with Crippen molar-refractivity contribution in [1.29, 1.82) is 0 Å². The molecule has 2 amide bonds. The number of primary amides is 1. The molecule has 1 aliphatic heterocycles. The molecule has 7 heteroatoms. The van der Waals surface area contributed by atoms with Gasteiger partial charge in [0, 0.05) is 35.4 Å². The van der Waals surface area contributed by atoms with Gasteiger partial charge in [0.2, 0.25) is 0 Å². The molecule has 1 atom stereocenters. The highest BCUT2D eigenvalue weighted by Gasteiger charge is 2.20. The van der Waals surface area contributed by atoms with Crippen LogP contribution in [0.25, 0.3) is 22.2 Å². The number of carbonyl (C=O) groups excluding carboxylic acids is 1. The Morgan fingerprint density at radius 3 is 3.12 bits per heavy atom. The number of nitrogens with two attached hydrogens (primary N) is 1. The molecule has 7 nitrogen and oxygen atoms in total. The molecule has 1 fully saturated rings. The number of rotatable bonds is 3. The van der Waals surface area contributed by atoms with Gasteiger partial charge in [-0.15, -0.1) is 0 Å². The average Bonchev–Trinajstić information content (AvgIpc) is 3.24. The fraction of sp³-hybridized carbons (Fsp3) is 0.235. The lowest BCUT2D eigenvalue weighted by Crippen LogP contribution is -2.19. The molecule has 0 radical (unpaired) electrons. The monoisotopic (exact) mass is 323 g/mol. The standard InChI is InChI=1S/C17H17N5O2/c18-17(23)22-16-6-11-12(7-19-15(11)8-20-16)14-3-1-2-13(21-14)10-4-5-24-9-10/h1-3,6-8,10,19H,4-5,9H2,(H3,18,20,22,23). The zero-order chi connectivity index (χ0) is 16.5. The van der Waals surface area contributed by atoms with Gasteiger partial charge in [0.1, 0.15) is 5.82 Å². The summed E-state index contributed by atoms with van der Waals surface area (Å²) in [4.78, 5) is 23.2. The molecule has 3 aromatic rings. The molecule has 4 N–H and O–H groups in total. The lowest BCUT2D eigenvalue weighted by atomic mass is 10.0. The summed E-state index contributed by atoms with van der Waals surface area (Å²) in [6.45, 7) is 1.51. The van der Waals surface area contributed by atoms with Crippen LogP contribution in [0, 0.1) is 0 Å². The molecular weight excluding hydrogens is 306 g/mol. The van der Waals surface area contributed by atoms with Crippen molar-refractivity contribution in [3.63, 3.8) is 0 Å². The first-order chi connectivity index (χ1) is 11.7. The Balaban J connectivity index is 1.75. The maximum absolute atomic E-state index is 11.0. The highest BCUT2D eigenvalue weighted by Crippen LogP contribution is 2.30. The van der Waals surface area contributed by atoms with Crippen LogP contribution in [-0.2, 0) is 4.74 Å². The van der Waals surface area contributed by atoms with Gasteiger partial charge in [-0.3, -0.25) is 10.3 Å². The number of hydrogen-bond acceptors (Lipinski definition) is 4. The summed E-state index contributed by atoms with van der Waals surface area (Å²) in [5, 5.41) is 3.43. The number of aromatic amines is 1. The molecule has 1 unspecified atom stereocenters. The van der Waals surface area contributed by atoms with Crippen LogP contribution in [0.3, 0.4) is 0 Å². The van der Waals surface area contributed by atoms with Crippen LogP contribution in [0.5, 0.6) is 0 Å². The summed E-state index contributed by atoms with van der Waals surface area (Å²) in [7, 11) is 0. The number of nitrogens with one attached hydrogen (secondary N) is 2. The minimum Gasteiger partial charge on any atom is -0.381 e. The van der Waals surface area contributed by atoms with Crippen molar-refractivity contribution in [3.8, 4) is 11.3 Å². The second-order valence-electron chi connectivity index (χ2n) is 5.81. The largest absolute Gasteiger partial charge is 0.381 e. The maximum Gasteiger partial charge on any atom is 0.317 e. The third kappa shape index (κ3) is 2.69. The van der Waals surface area contributed by atoms with E-state index in [1.165, 1.54) is 0 Å². The molecule has 0 aromatic carbocycles. The van der Waals surface area contributed by atoms with E-state index < -0.39 is 6.03 Å². The lowest BCUT2D eigenvalue weighted by molar-refractivity contribution is 0.193. The van der Waals surface area contributed by atoms with Gasteiger partial charge in [0.25, 0.3) is 0 Å². The number of nitrogens with zero attached hydrogens (tertiary/aromatic N) is 2. The number of aromatic nitrogens is 3. The second-order valence-corrected chi connectivity index (χ2v) is 5.81. The fourth-order valence-corrected chi connectivity index (χ4v) is 3.02. The molecule has 3 aromatic heterocycles. The number of amides is 2. The average molecular weight is 323 g/mol. The molecule has 1 saturated heterocycles. The van der Waals surface area contributed by atoms with Crippen molar-refractivity contribution in [2.24, 2.45) is 5.73 Å². The quantitative estimate of drug-likeness (QED) is 0.689. The van der Waals surface area contributed by atoms with E-state index in [9.17, 15) is 4.79 Å². The van der Waals surface area contributed by atoms with E-state index in [4.69, 9.17) is 15.5 Å². The number of anilines is 1. The van der Waals surface area contributed by atoms with Gasteiger partial charge >= 0.3 is 6.03 Å². The summed E-state index contributed by atoms with van der Waals surface area (Å²) < 4.78 is 5.46. The molecule has 122 valence electrons. The summed E-state index contributed by atoms with van der Waals surface area (Å²) >= 11 is 0. The Labute approximate surface area is 138 Å². The van der Waals surface area contributed by atoms with Gasteiger partial charge in [-0.05, 0) is 24.6 Å². The van der Waals surface area contributed by atoms with Gasteiger partial charge < -0.3 is 15.5 Å². The highest BCUT2D eigenvalue weighted by molar-refractivity contribution is 5.97.